The molecule has 3 rings (SSSR count). The van der Waals surface area contributed by atoms with Gasteiger partial charge in [-0.1, -0.05) is 32.1 Å². The second kappa shape index (κ2) is 7.95. The van der Waals surface area contributed by atoms with Gasteiger partial charge >= 0.3 is 0 Å². The summed E-state index contributed by atoms with van der Waals surface area (Å²) in [6, 6.07) is 7.43. The number of anilines is 1. The molecule has 6 heteroatoms. The predicted octanol–water partition coefficient (Wildman–Crippen LogP) is 3.69. The number of aromatic nitrogens is 2. The highest BCUT2D eigenvalue weighted by Crippen LogP contribution is 2.26. The lowest BCUT2D eigenvalue weighted by molar-refractivity contribution is -0.118. The molecule has 0 bridgehead atoms. The molecule has 0 unspecified atom stereocenters. The number of hydrogen-bond acceptors (Lipinski definition) is 3. The molecule has 2 aromatic rings. The maximum absolute atomic E-state index is 12.8. The number of aromatic amines is 1. The third-order valence-corrected chi connectivity index (χ3v) is 4.32. The number of benzene rings is 1. The highest BCUT2D eigenvalue weighted by atomic mass is 19.1. The van der Waals surface area contributed by atoms with E-state index in [0.717, 1.165) is 12.1 Å². The van der Waals surface area contributed by atoms with E-state index in [4.69, 9.17) is 4.74 Å². The number of nitrogens with one attached hydrogen (secondary N) is 2. The molecule has 5 nitrogen and oxygen atoms in total. The van der Waals surface area contributed by atoms with E-state index in [1.807, 2.05) is 6.07 Å². The predicted molar refractivity (Wildman–Crippen MR) is 89.4 cm³/mol. The van der Waals surface area contributed by atoms with Crippen LogP contribution >= 0.6 is 0 Å². The minimum absolute atomic E-state index is 0.142. The summed E-state index contributed by atoms with van der Waals surface area (Å²) in [4.78, 5) is 11.9. The summed E-state index contributed by atoms with van der Waals surface area (Å²) in [7, 11) is 0. The van der Waals surface area contributed by atoms with Gasteiger partial charge in [-0.25, -0.2) is 4.39 Å². The lowest BCUT2D eigenvalue weighted by Gasteiger charge is -2.20. The van der Waals surface area contributed by atoms with Crippen LogP contribution in [0.1, 0.15) is 37.8 Å². The summed E-state index contributed by atoms with van der Waals surface area (Å²) in [5.74, 6) is 1.04. The topological polar surface area (TPSA) is 67.0 Å². The average molecular weight is 331 g/mol. The zero-order valence-electron chi connectivity index (χ0n) is 13.6. The molecule has 0 saturated heterocycles. The van der Waals surface area contributed by atoms with Gasteiger partial charge in [0.1, 0.15) is 11.6 Å². The maximum Gasteiger partial charge on any atom is 0.263 e. The molecular formula is C18H22FN3O2. The summed E-state index contributed by atoms with van der Waals surface area (Å²) >= 11 is 0. The van der Waals surface area contributed by atoms with Crippen molar-refractivity contribution in [3.8, 4) is 5.75 Å². The minimum atomic E-state index is -0.339. The van der Waals surface area contributed by atoms with Gasteiger partial charge < -0.3 is 10.1 Å². The molecule has 1 amide bonds. The number of carbonyl (C=O) groups excluding carboxylic acids is 1. The summed E-state index contributed by atoms with van der Waals surface area (Å²) < 4.78 is 18.1. The van der Waals surface area contributed by atoms with Crippen molar-refractivity contribution in [1.82, 2.24) is 10.2 Å². The number of rotatable bonds is 6. The fourth-order valence-corrected chi connectivity index (χ4v) is 3.09. The average Bonchev–Trinajstić information content (AvgIpc) is 3.02. The van der Waals surface area contributed by atoms with E-state index in [1.165, 1.54) is 56.4 Å². The van der Waals surface area contributed by atoms with Gasteiger partial charge in [0.15, 0.2) is 12.4 Å². The first kappa shape index (κ1) is 16.5. The Morgan fingerprint density at radius 3 is 2.75 bits per heavy atom. The van der Waals surface area contributed by atoms with E-state index in [-0.39, 0.29) is 18.3 Å². The number of halogens is 1. The van der Waals surface area contributed by atoms with E-state index in [9.17, 15) is 9.18 Å². The van der Waals surface area contributed by atoms with Crippen molar-refractivity contribution in [1.29, 1.82) is 0 Å². The van der Waals surface area contributed by atoms with Gasteiger partial charge in [0.2, 0.25) is 0 Å². The Morgan fingerprint density at radius 2 is 2.00 bits per heavy atom. The zero-order valence-corrected chi connectivity index (χ0v) is 13.6. The summed E-state index contributed by atoms with van der Waals surface area (Å²) in [5.41, 5.74) is 1.05. The molecule has 2 N–H and O–H groups in total. The third kappa shape index (κ3) is 4.81. The lowest BCUT2D eigenvalue weighted by atomic mass is 9.86. The van der Waals surface area contributed by atoms with Crippen LogP contribution in [0.3, 0.4) is 0 Å². The van der Waals surface area contributed by atoms with Crippen LogP contribution in [0.15, 0.2) is 30.3 Å². The highest BCUT2D eigenvalue weighted by Gasteiger charge is 2.15. The van der Waals surface area contributed by atoms with Crippen LogP contribution < -0.4 is 10.1 Å². The van der Waals surface area contributed by atoms with Crippen LogP contribution in [0.4, 0.5) is 10.2 Å². The van der Waals surface area contributed by atoms with Gasteiger partial charge in [0.05, 0.1) is 0 Å². The number of amides is 1. The SMILES string of the molecule is O=C(COc1ccc(F)cc1)Nc1cc(CC2CCCCC2)[nH]n1. The van der Waals surface area contributed by atoms with Crippen LogP contribution in [0.25, 0.3) is 0 Å². The largest absolute Gasteiger partial charge is 0.484 e. The van der Waals surface area contributed by atoms with Gasteiger partial charge in [0, 0.05) is 11.8 Å². The number of carbonyl (C=O) groups is 1. The van der Waals surface area contributed by atoms with Crippen LogP contribution in [0.2, 0.25) is 0 Å². The first-order chi connectivity index (χ1) is 11.7. The molecule has 1 heterocycles. The Hall–Kier alpha value is -2.37. The van der Waals surface area contributed by atoms with Crippen molar-refractivity contribution in [2.75, 3.05) is 11.9 Å². The van der Waals surface area contributed by atoms with Gasteiger partial charge in [0.25, 0.3) is 5.91 Å². The Labute approximate surface area is 140 Å². The summed E-state index contributed by atoms with van der Waals surface area (Å²) in [6.07, 6.45) is 7.48. The van der Waals surface area contributed by atoms with Crippen molar-refractivity contribution in [3.63, 3.8) is 0 Å². The van der Waals surface area contributed by atoms with Crippen molar-refractivity contribution >= 4 is 11.7 Å². The maximum atomic E-state index is 12.8. The molecule has 1 aromatic carbocycles. The molecule has 1 aromatic heterocycles. The highest BCUT2D eigenvalue weighted by molar-refractivity contribution is 5.90. The van der Waals surface area contributed by atoms with Crippen LogP contribution in [0.5, 0.6) is 5.75 Å². The molecule has 1 aliphatic rings. The third-order valence-electron chi connectivity index (χ3n) is 4.32. The van der Waals surface area contributed by atoms with Crippen molar-refractivity contribution in [3.05, 3.63) is 41.8 Å². The van der Waals surface area contributed by atoms with Crippen LogP contribution in [-0.4, -0.2) is 22.7 Å². The Morgan fingerprint density at radius 1 is 1.25 bits per heavy atom. The quantitative estimate of drug-likeness (QED) is 0.848. The standard InChI is InChI=1S/C18H22FN3O2/c19-14-6-8-16(9-7-14)24-12-18(23)20-17-11-15(21-22-17)10-13-4-2-1-3-5-13/h6-9,11,13H,1-5,10,12H2,(H2,20,21,22,23). The molecule has 1 saturated carbocycles. The summed E-state index contributed by atoms with van der Waals surface area (Å²) in [5, 5.41) is 9.82. The Bertz CT molecular complexity index is 663. The molecule has 0 spiro atoms. The molecule has 0 aliphatic heterocycles. The Balaban J connectivity index is 1.45. The van der Waals surface area contributed by atoms with Gasteiger partial charge in [-0.3, -0.25) is 9.89 Å². The van der Waals surface area contributed by atoms with E-state index in [2.05, 4.69) is 15.5 Å². The normalized spacial score (nSPS) is 15.2. The summed E-state index contributed by atoms with van der Waals surface area (Å²) in [6.45, 7) is -0.142. The molecule has 128 valence electrons. The molecular weight excluding hydrogens is 309 g/mol. The van der Waals surface area contributed by atoms with E-state index < -0.39 is 0 Å². The second-order valence-corrected chi connectivity index (χ2v) is 6.28. The molecule has 1 aliphatic carbocycles. The van der Waals surface area contributed by atoms with Gasteiger partial charge in [-0.05, 0) is 36.6 Å². The number of hydrogen-bond donors (Lipinski definition) is 2. The van der Waals surface area contributed by atoms with E-state index in [0.29, 0.717) is 17.5 Å². The smallest absolute Gasteiger partial charge is 0.263 e. The lowest BCUT2D eigenvalue weighted by Crippen LogP contribution is -2.20. The number of H-pyrrole nitrogens is 1. The Kier molecular flexibility index (Phi) is 5.46. The van der Waals surface area contributed by atoms with Crippen molar-refractivity contribution in [2.24, 2.45) is 5.92 Å². The first-order valence-corrected chi connectivity index (χ1v) is 8.41. The second-order valence-electron chi connectivity index (χ2n) is 6.28. The van der Waals surface area contributed by atoms with E-state index in [1.54, 1.807) is 0 Å². The zero-order chi connectivity index (χ0) is 16.8. The van der Waals surface area contributed by atoms with Crippen LogP contribution in [-0.2, 0) is 11.2 Å². The van der Waals surface area contributed by atoms with Crippen LogP contribution in [0, 0.1) is 11.7 Å². The molecule has 0 radical (unpaired) electrons. The van der Waals surface area contributed by atoms with E-state index >= 15 is 0 Å². The molecule has 0 atom stereocenters. The molecule has 24 heavy (non-hydrogen) atoms. The fourth-order valence-electron chi connectivity index (χ4n) is 3.09. The number of ether oxygens (including phenoxy) is 1. The fraction of sp³-hybridized carbons (Fsp3) is 0.444. The number of nitrogens with zero attached hydrogens (tertiary/aromatic N) is 1. The minimum Gasteiger partial charge on any atom is -0.484 e. The first-order valence-electron chi connectivity index (χ1n) is 8.41. The van der Waals surface area contributed by atoms with Crippen molar-refractivity contribution in [2.45, 2.75) is 38.5 Å². The van der Waals surface area contributed by atoms with Crippen molar-refractivity contribution < 1.29 is 13.9 Å². The van der Waals surface area contributed by atoms with Gasteiger partial charge in [-0.15, -0.1) is 0 Å². The monoisotopic (exact) mass is 331 g/mol. The molecule has 1 fully saturated rings. The van der Waals surface area contributed by atoms with Gasteiger partial charge in [-0.2, -0.15) is 5.10 Å².